The minimum absolute atomic E-state index is 0.794. The molecule has 0 bridgehead atoms. The Hall–Kier alpha value is -0.840. The Morgan fingerprint density at radius 3 is 1.07 bits per heavy atom. The summed E-state index contributed by atoms with van der Waals surface area (Å²) in [5.41, 5.74) is 0. The second-order valence-electron chi connectivity index (χ2n) is 5.87. The Labute approximate surface area is 161 Å². The number of halogens is 17. The summed E-state index contributed by atoms with van der Waals surface area (Å²) in [6, 6.07) is 0. The van der Waals surface area contributed by atoms with E-state index in [0.29, 0.717) is 0 Å². The van der Waals surface area contributed by atoms with Gasteiger partial charge in [0, 0.05) is 0 Å². The lowest BCUT2D eigenvalue weighted by molar-refractivity contribution is -0.451. The number of alkyl halides is 17. The molecule has 0 saturated heterocycles. The van der Waals surface area contributed by atoms with E-state index in [2.05, 4.69) is 0 Å². The Morgan fingerprint density at radius 1 is 0.533 bits per heavy atom. The fourth-order valence-electron chi connectivity index (χ4n) is 1.82. The van der Waals surface area contributed by atoms with E-state index in [0.717, 1.165) is 6.92 Å². The second-order valence-corrected chi connectivity index (χ2v) is 6.43. The van der Waals surface area contributed by atoms with E-state index in [-0.39, 0.29) is 0 Å². The Bertz CT molecular complexity index is 604. The molecule has 18 heteroatoms. The summed E-state index contributed by atoms with van der Waals surface area (Å²) in [4.78, 5) is 0. The van der Waals surface area contributed by atoms with Gasteiger partial charge in [-0.2, -0.15) is 70.2 Å². The van der Waals surface area contributed by atoms with Crippen molar-refractivity contribution in [2.75, 3.05) is 0 Å². The van der Waals surface area contributed by atoms with Gasteiger partial charge in [-0.3, -0.25) is 0 Å². The third-order valence-electron chi connectivity index (χ3n) is 3.70. The van der Waals surface area contributed by atoms with Gasteiger partial charge in [0.1, 0.15) is 0 Å². The van der Waals surface area contributed by atoms with E-state index in [9.17, 15) is 74.6 Å². The summed E-state index contributed by atoms with van der Waals surface area (Å²) in [7, 11) is 0. The molecule has 0 saturated carbocycles. The highest BCUT2D eigenvalue weighted by Gasteiger charge is 2.95. The van der Waals surface area contributed by atoms with Crippen LogP contribution >= 0.6 is 12.6 Å². The van der Waals surface area contributed by atoms with Crippen molar-refractivity contribution >= 4 is 12.6 Å². The van der Waals surface area contributed by atoms with Gasteiger partial charge in [0.25, 0.3) is 0 Å². The van der Waals surface area contributed by atoms with Gasteiger partial charge in [0.05, 0.1) is 0 Å². The molecule has 1 atom stereocenters. The molecule has 0 aliphatic carbocycles. The summed E-state index contributed by atoms with van der Waals surface area (Å²) in [5.74, 6) is -56.1. The van der Waals surface area contributed by atoms with Gasteiger partial charge in [0.15, 0.2) is 6.17 Å². The van der Waals surface area contributed by atoms with E-state index in [1.807, 2.05) is 0 Å². The second kappa shape index (κ2) is 7.64. The lowest BCUT2D eigenvalue weighted by Gasteiger charge is -2.43. The van der Waals surface area contributed by atoms with Gasteiger partial charge < -0.3 is 0 Å². The molecule has 1 unspecified atom stereocenters. The predicted octanol–water partition coefficient (Wildman–Crippen LogP) is 7.09. The molecule has 182 valence electrons. The maximum absolute atomic E-state index is 13.4. The monoisotopic (exact) mass is 508 g/mol. The average molecular weight is 508 g/mol. The van der Waals surface area contributed by atoms with Crippen LogP contribution in [-0.4, -0.2) is 52.9 Å². The van der Waals surface area contributed by atoms with Gasteiger partial charge in [-0.25, -0.2) is 4.39 Å². The average Bonchev–Trinajstić information content (AvgIpc) is 2.52. The molecule has 0 spiro atoms. The van der Waals surface area contributed by atoms with Crippen LogP contribution in [0.1, 0.15) is 19.8 Å². The summed E-state index contributed by atoms with van der Waals surface area (Å²) in [6.07, 6.45) is -6.95. The van der Waals surface area contributed by atoms with E-state index in [1.54, 1.807) is 0 Å². The van der Waals surface area contributed by atoms with E-state index >= 15 is 0 Å². The minimum atomic E-state index is -8.54. The van der Waals surface area contributed by atoms with Crippen LogP contribution in [0.4, 0.5) is 74.6 Å². The maximum Gasteiger partial charge on any atom is 0.387 e. The molecule has 0 aliphatic heterocycles. The summed E-state index contributed by atoms with van der Waals surface area (Å²) >= 11 is 1.44. The molecule has 0 nitrogen and oxygen atoms in total. The first-order chi connectivity index (χ1) is 12.7. The molecule has 0 N–H and O–H groups in total. The smallest absolute Gasteiger partial charge is 0.241 e. The van der Waals surface area contributed by atoms with Gasteiger partial charge in [-0.1, -0.05) is 26.0 Å². The topological polar surface area (TPSA) is 0 Å². The first kappa shape index (κ1) is 29.2. The van der Waals surface area contributed by atoms with Crippen molar-refractivity contribution in [1.82, 2.24) is 0 Å². The fourth-order valence-corrected chi connectivity index (χ4v) is 1.96. The first-order valence-corrected chi connectivity index (χ1v) is 7.57. The van der Waals surface area contributed by atoms with Crippen molar-refractivity contribution in [3.05, 3.63) is 0 Å². The molecule has 0 heterocycles. The molecule has 0 aromatic carbocycles. The summed E-state index contributed by atoms with van der Waals surface area (Å²) in [6.45, 7) is 0.794. The first-order valence-electron chi connectivity index (χ1n) is 7.12. The van der Waals surface area contributed by atoms with Crippen molar-refractivity contribution in [2.45, 2.75) is 72.6 Å². The van der Waals surface area contributed by atoms with Crippen LogP contribution in [0.5, 0.6) is 0 Å². The van der Waals surface area contributed by atoms with Crippen LogP contribution in [0.3, 0.4) is 0 Å². The molecular formula is C12H9F17S. The minimum Gasteiger partial charge on any atom is -0.241 e. The predicted molar refractivity (Wildman–Crippen MR) is 68.4 cm³/mol. The normalized spacial score (nSPS) is 17.3. The number of hydrogen-bond donors (Lipinski definition) is 1. The molecular weight excluding hydrogens is 499 g/mol. The van der Waals surface area contributed by atoms with Crippen LogP contribution in [0.15, 0.2) is 0 Å². The van der Waals surface area contributed by atoms with Crippen molar-refractivity contribution in [1.29, 1.82) is 0 Å². The van der Waals surface area contributed by atoms with Gasteiger partial charge in [-0.05, 0) is 6.42 Å². The molecule has 0 fully saturated rings. The molecule has 30 heavy (non-hydrogen) atoms. The van der Waals surface area contributed by atoms with Crippen molar-refractivity contribution in [2.24, 2.45) is 0 Å². The van der Waals surface area contributed by atoms with Crippen LogP contribution in [0.25, 0.3) is 0 Å². The van der Waals surface area contributed by atoms with Crippen LogP contribution in [-0.2, 0) is 0 Å². The molecule has 0 aromatic heterocycles. The number of hydrogen-bond acceptors (Lipinski definition) is 1. The van der Waals surface area contributed by atoms with E-state index < -0.39 is 65.7 Å². The highest BCUT2D eigenvalue weighted by Crippen LogP contribution is 2.64. The van der Waals surface area contributed by atoms with Gasteiger partial charge in [0.2, 0.25) is 0 Å². The van der Waals surface area contributed by atoms with Crippen LogP contribution in [0, 0.1) is 0 Å². The largest absolute Gasteiger partial charge is 0.387 e. The van der Waals surface area contributed by atoms with Crippen LogP contribution < -0.4 is 0 Å². The summed E-state index contributed by atoms with van der Waals surface area (Å²) in [5, 5.41) is -6.61. The van der Waals surface area contributed by atoms with E-state index in [4.69, 9.17) is 0 Å². The third kappa shape index (κ3) is 3.67. The summed E-state index contributed by atoms with van der Waals surface area (Å²) < 4.78 is 223. The van der Waals surface area contributed by atoms with Crippen molar-refractivity contribution < 1.29 is 74.6 Å². The molecule has 0 amide bonds. The molecule has 0 radical (unpaired) electrons. The zero-order chi connectivity index (χ0) is 25.0. The molecule has 0 aliphatic rings. The zero-order valence-electron chi connectivity index (χ0n) is 13.9. The Balaban J connectivity index is 6.70. The fraction of sp³-hybridized carbons (Fsp3) is 1.00. The Kier molecular flexibility index (Phi) is 7.42. The Morgan fingerprint density at radius 2 is 0.800 bits per heavy atom. The highest BCUT2D eigenvalue weighted by molar-refractivity contribution is 7.81. The van der Waals surface area contributed by atoms with E-state index in [1.165, 1.54) is 12.6 Å². The standard InChI is InChI=1S/C12H9F17S/c1-2-3-4(13)5(14,15)6(16,17)7(18,19)8(20,21)9(22,23)10(24,25)11(26,27)12(28,29)30/h4,30H,2-3H2,1H3. The maximum atomic E-state index is 13.4. The lowest BCUT2D eigenvalue weighted by Crippen LogP contribution is -2.75. The molecule has 0 rings (SSSR count). The highest BCUT2D eigenvalue weighted by atomic mass is 32.1. The number of thiol groups is 1. The zero-order valence-corrected chi connectivity index (χ0v) is 14.8. The SMILES string of the molecule is CCCC(F)C(F)(F)C(F)(F)C(F)(F)C(F)(F)C(F)(F)C(F)(F)C(F)(F)C(F)(F)S. The van der Waals surface area contributed by atoms with Crippen molar-refractivity contribution in [3.8, 4) is 0 Å². The quantitative estimate of drug-likeness (QED) is 0.236. The third-order valence-corrected chi connectivity index (χ3v) is 3.98. The molecule has 0 aromatic rings. The van der Waals surface area contributed by atoms with Crippen molar-refractivity contribution in [3.63, 3.8) is 0 Å². The lowest BCUT2D eigenvalue weighted by atomic mass is 9.87. The van der Waals surface area contributed by atoms with Gasteiger partial charge >= 0.3 is 46.7 Å². The van der Waals surface area contributed by atoms with Crippen LogP contribution in [0.2, 0.25) is 0 Å². The number of rotatable bonds is 10. The van der Waals surface area contributed by atoms with Gasteiger partial charge in [-0.15, -0.1) is 0 Å².